The quantitative estimate of drug-likeness (QED) is 0.743. The lowest BCUT2D eigenvalue weighted by atomic mass is 9.97. The maximum atomic E-state index is 12.9. The van der Waals surface area contributed by atoms with E-state index in [1.165, 1.54) is 23.0 Å². The first kappa shape index (κ1) is 20.1. The molecule has 1 aromatic heterocycles. The third kappa shape index (κ3) is 3.81. The Labute approximate surface area is 152 Å². The number of aromatic nitrogens is 2. The van der Waals surface area contributed by atoms with Crippen molar-refractivity contribution in [2.24, 2.45) is 0 Å². The number of nitrogens with one attached hydrogen (secondary N) is 1. The minimum Gasteiger partial charge on any atom is -0.377 e. The highest BCUT2D eigenvalue weighted by molar-refractivity contribution is 7.90. The first-order valence-electron chi connectivity index (χ1n) is 8.34. The molecule has 0 radical (unpaired) electrons. The van der Waals surface area contributed by atoms with Crippen molar-refractivity contribution in [1.82, 2.24) is 9.78 Å². The molecule has 0 aliphatic carbocycles. The Morgan fingerprint density at radius 2 is 1.92 bits per heavy atom. The van der Waals surface area contributed by atoms with Crippen molar-refractivity contribution >= 4 is 15.6 Å². The molecule has 0 fully saturated rings. The monoisotopic (exact) mass is 380 g/mol. The van der Waals surface area contributed by atoms with Gasteiger partial charge in [0.15, 0.2) is 15.6 Å². The van der Waals surface area contributed by atoms with Crippen LogP contribution in [-0.4, -0.2) is 36.8 Å². The lowest BCUT2D eigenvalue weighted by molar-refractivity contribution is 0.103. The van der Waals surface area contributed by atoms with Gasteiger partial charge in [0.2, 0.25) is 0 Å². The molecule has 8 heteroatoms. The zero-order valence-corrected chi connectivity index (χ0v) is 16.4. The van der Waals surface area contributed by atoms with E-state index in [9.17, 15) is 18.0 Å². The molecule has 0 aliphatic rings. The zero-order valence-electron chi connectivity index (χ0n) is 15.6. The average molecular weight is 380 g/mol. The number of sulfone groups is 1. The van der Waals surface area contributed by atoms with Gasteiger partial charge < -0.3 is 9.84 Å². The van der Waals surface area contributed by atoms with E-state index in [1.807, 2.05) is 13.8 Å². The van der Waals surface area contributed by atoms with Gasteiger partial charge in [-0.05, 0) is 51.0 Å². The van der Waals surface area contributed by atoms with Crippen molar-refractivity contribution in [1.29, 1.82) is 0 Å². The summed E-state index contributed by atoms with van der Waals surface area (Å²) in [5.74, 6) is -0.444. The van der Waals surface area contributed by atoms with Crippen LogP contribution in [0.2, 0.25) is 0 Å². The lowest BCUT2D eigenvalue weighted by Crippen LogP contribution is -2.24. The van der Waals surface area contributed by atoms with Gasteiger partial charge in [-0.25, -0.2) is 8.42 Å². The van der Waals surface area contributed by atoms with Crippen LogP contribution in [0.1, 0.15) is 53.9 Å². The predicted molar refractivity (Wildman–Crippen MR) is 98.5 cm³/mol. The number of hydrogen-bond acceptors (Lipinski definition) is 5. The number of benzene rings is 1. The third-order valence-electron chi connectivity index (χ3n) is 4.21. The number of rotatable bonds is 7. The third-order valence-corrected chi connectivity index (χ3v) is 5.39. The molecule has 2 rings (SSSR count). The Balaban J connectivity index is 2.60. The summed E-state index contributed by atoms with van der Waals surface area (Å²) >= 11 is 0. The molecule has 0 spiro atoms. The number of nitrogens with zero attached hydrogens (tertiary/aromatic N) is 1. The molecule has 2 aromatic rings. The first-order valence-corrected chi connectivity index (χ1v) is 10.2. The Morgan fingerprint density at radius 3 is 2.42 bits per heavy atom. The highest BCUT2D eigenvalue weighted by atomic mass is 32.2. The number of carbonyl (C=O) groups excluding carboxylic acids is 1. The largest absolute Gasteiger partial charge is 0.377 e. The van der Waals surface area contributed by atoms with E-state index in [1.54, 1.807) is 13.8 Å². The van der Waals surface area contributed by atoms with Crippen molar-refractivity contribution in [3.63, 3.8) is 0 Å². The van der Waals surface area contributed by atoms with Gasteiger partial charge in [-0.2, -0.15) is 0 Å². The molecule has 1 aromatic carbocycles. The molecule has 0 saturated heterocycles. The molecule has 0 atom stereocenters. The molecular weight excluding hydrogens is 356 g/mol. The Hall–Kier alpha value is -2.19. The van der Waals surface area contributed by atoms with Crippen LogP contribution in [0.15, 0.2) is 28.0 Å². The van der Waals surface area contributed by atoms with Crippen molar-refractivity contribution in [3.8, 4) is 0 Å². The van der Waals surface area contributed by atoms with Gasteiger partial charge in [0.1, 0.15) is 5.56 Å². The Morgan fingerprint density at radius 1 is 1.27 bits per heavy atom. The number of carbonyl (C=O) groups is 1. The first-order chi connectivity index (χ1) is 12.1. The summed E-state index contributed by atoms with van der Waals surface area (Å²) in [6, 6.07) is 2.75. The number of ether oxygens (including phenoxy) is 1. The van der Waals surface area contributed by atoms with Crippen molar-refractivity contribution in [2.45, 2.75) is 45.2 Å². The van der Waals surface area contributed by atoms with E-state index >= 15 is 0 Å². The minimum absolute atomic E-state index is 0.0243. The van der Waals surface area contributed by atoms with Crippen LogP contribution in [0.25, 0.3) is 0 Å². The number of ketones is 1. The van der Waals surface area contributed by atoms with Gasteiger partial charge in [-0.15, -0.1) is 0 Å². The van der Waals surface area contributed by atoms with Crippen LogP contribution < -0.4 is 5.56 Å². The van der Waals surface area contributed by atoms with Gasteiger partial charge in [-0.1, -0.05) is 0 Å². The number of hydrogen-bond donors (Lipinski definition) is 1. The maximum Gasteiger partial charge on any atom is 0.277 e. The summed E-state index contributed by atoms with van der Waals surface area (Å²) in [6.07, 6.45) is 2.50. The second-order valence-corrected chi connectivity index (χ2v) is 8.39. The molecule has 1 N–H and O–H groups in total. The Kier molecular flexibility index (Phi) is 5.87. The van der Waals surface area contributed by atoms with Crippen LogP contribution in [0.5, 0.6) is 0 Å². The Bertz CT molecular complexity index is 983. The molecule has 0 unspecified atom stereocenters. The highest BCUT2D eigenvalue weighted by Crippen LogP contribution is 2.25. The van der Waals surface area contributed by atoms with Gasteiger partial charge in [0.05, 0.1) is 11.5 Å². The maximum absolute atomic E-state index is 12.9. The fraction of sp³-hybridized carbons (Fsp3) is 0.444. The summed E-state index contributed by atoms with van der Waals surface area (Å²) in [4.78, 5) is 25.4. The van der Waals surface area contributed by atoms with E-state index in [0.29, 0.717) is 23.3 Å². The molecule has 26 heavy (non-hydrogen) atoms. The molecule has 0 amide bonds. The molecule has 0 aliphatic heterocycles. The zero-order chi connectivity index (χ0) is 19.6. The summed E-state index contributed by atoms with van der Waals surface area (Å²) in [5.41, 5.74) is 0.862. The second-order valence-electron chi connectivity index (χ2n) is 6.41. The van der Waals surface area contributed by atoms with E-state index in [0.717, 1.165) is 6.26 Å². The van der Waals surface area contributed by atoms with Crippen LogP contribution >= 0.6 is 0 Å². The fourth-order valence-corrected chi connectivity index (χ4v) is 3.76. The standard InChI is InChI=1S/C18H24N2O5S/c1-6-25-10-15-12(4)13(7-8-16(15)26(5,23)24)17(21)14-9-19-20(11(2)3)18(14)22/h7-9,11,19H,6,10H2,1-5H3. The van der Waals surface area contributed by atoms with Crippen molar-refractivity contribution in [3.05, 3.63) is 50.9 Å². The summed E-state index contributed by atoms with van der Waals surface area (Å²) in [5, 5.41) is 2.79. The van der Waals surface area contributed by atoms with Crippen molar-refractivity contribution < 1.29 is 17.9 Å². The average Bonchev–Trinajstić information content (AvgIpc) is 2.93. The van der Waals surface area contributed by atoms with Crippen LogP contribution in [0, 0.1) is 6.92 Å². The molecule has 0 saturated carbocycles. The predicted octanol–water partition coefficient (Wildman–Crippen LogP) is 2.24. The lowest BCUT2D eigenvalue weighted by Gasteiger charge is -2.14. The van der Waals surface area contributed by atoms with E-state index < -0.39 is 21.2 Å². The number of aromatic amines is 1. The van der Waals surface area contributed by atoms with E-state index in [4.69, 9.17) is 4.74 Å². The molecular formula is C18H24N2O5S. The van der Waals surface area contributed by atoms with Crippen LogP contribution in [0.4, 0.5) is 0 Å². The van der Waals surface area contributed by atoms with Gasteiger partial charge in [0, 0.05) is 30.7 Å². The van der Waals surface area contributed by atoms with Crippen LogP contribution in [0.3, 0.4) is 0 Å². The molecule has 7 nitrogen and oxygen atoms in total. The number of H-pyrrole nitrogens is 1. The summed E-state index contributed by atoms with van der Waals surface area (Å²) in [7, 11) is -3.47. The van der Waals surface area contributed by atoms with E-state index in [-0.39, 0.29) is 23.1 Å². The summed E-state index contributed by atoms with van der Waals surface area (Å²) in [6.45, 7) is 7.63. The van der Waals surface area contributed by atoms with Gasteiger partial charge in [0.25, 0.3) is 5.56 Å². The van der Waals surface area contributed by atoms with Gasteiger partial charge >= 0.3 is 0 Å². The molecule has 0 bridgehead atoms. The normalized spacial score (nSPS) is 11.9. The fourth-order valence-electron chi connectivity index (χ4n) is 2.78. The van der Waals surface area contributed by atoms with Crippen LogP contribution in [-0.2, 0) is 21.2 Å². The van der Waals surface area contributed by atoms with Gasteiger partial charge in [-0.3, -0.25) is 14.3 Å². The smallest absolute Gasteiger partial charge is 0.277 e. The minimum atomic E-state index is -3.47. The highest BCUT2D eigenvalue weighted by Gasteiger charge is 2.23. The molecule has 142 valence electrons. The molecule has 1 heterocycles. The SMILES string of the molecule is CCOCc1c(S(C)(=O)=O)ccc(C(=O)c2c[nH]n(C(C)C)c2=O)c1C. The van der Waals surface area contributed by atoms with E-state index in [2.05, 4.69) is 5.10 Å². The van der Waals surface area contributed by atoms with Crippen molar-refractivity contribution in [2.75, 3.05) is 12.9 Å². The summed E-state index contributed by atoms with van der Waals surface area (Å²) < 4.78 is 30.9. The topological polar surface area (TPSA) is 98.2 Å². The second kappa shape index (κ2) is 7.59.